The predicted octanol–water partition coefficient (Wildman–Crippen LogP) is -6.68. The molecule has 17 N–H and O–H groups in total. The SMILES string of the molecule is CO[C@]12C[C@H](CO[C@@H]3O[C@H](CO)[C@@H](O)[C@H](O)[C@H]3O)CN=C1[C@](C)(O)[C@H]1[C@H](C[C@H]3[C@@H]4CC[C@H]5C[C@@H](O[C@@H]6O[C@H](CO)[C@H](O[C@@H]7O[C@H](CO)[C@@H](O)[C@H](O[C@@H]8OC[C@@H](O)[C@H](O)[C@H]8O)[C@H]7O[C@@H]7O[C@H](CO)[C@@H](O)[C@H](O)[C@H]7O)[C@H](O)[C@H]6O)CC[C@]5(C)[C@H]4CC[C@@]31C)O2. The fourth-order valence-corrected chi connectivity index (χ4v) is 17.7. The molecule has 0 amide bonds. The van der Waals surface area contributed by atoms with Crippen molar-refractivity contribution < 1.29 is 144 Å². The summed E-state index contributed by atoms with van der Waals surface area (Å²) < 4.78 is 72.8. The van der Waals surface area contributed by atoms with Gasteiger partial charge in [-0.1, -0.05) is 13.8 Å². The fourth-order valence-electron chi connectivity index (χ4n) is 17.7. The topological polar surface area (TPSA) is 467 Å². The second kappa shape index (κ2) is 26.0. The Bertz CT molecular complexity index is 2340. The molecule has 7 heterocycles. The summed E-state index contributed by atoms with van der Waals surface area (Å²) >= 11 is 0. The summed E-state index contributed by atoms with van der Waals surface area (Å²) in [6.07, 6.45) is -35.3. The van der Waals surface area contributed by atoms with Crippen LogP contribution in [-0.2, 0) is 56.8 Å². The van der Waals surface area contributed by atoms with E-state index in [1.165, 1.54) is 7.11 Å². The third-order valence-electron chi connectivity index (χ3n) is 22.3. The first-order chi connectivity index (χ1) is 41.3. The Balaban J connectivity index is 0.745. The summed E-state index contributed by atoms with van der Waals surface area (Å²) in [7, 11) is 1.53. The van der Waals surface area contributed by atoms with Crippen LogP contribution in [0.2, 0.25) is 0 Å². The van der Waals surface area contributed by atoms with E-state index in [0.29, 0.717) is 36.8 Å². The highest BCUT2D eigenvalue weighted by molar-refractivity contribution is 6.00. The van der Waals surface area contributed by atoms with Gasteiger partial charge in [-0.05, 0) is 92.8 Å². The monoisotopic (exact) mass is 1260 g/mol. The number of ether oxygens (including phenoxy) is 12. The third kappa shape index (κ3) is 11.7. The lowest BCUT2D eigenvalue weighted by Crippen LogP contribution is -2.69. The Morgan fingerprint density at radius 3 is 1.76 bits per heavy atom. The van der Waals surface area contributed by atoms with E-state index < -0.39 is 198 Å². The molecule has 0 bridgehead atoms. The second-order valence-corrected chi connectivity index (χ2v) is 27.2. The first-order valence-electron chi connectivity index (χ1n) is 30.9. The highest BCUT2D eigenvalue weighted by Gasteiger charge is 2.72. The molecule has 87 heavy (non-hydrogen) atoms. The van der Waals surface area contributed by atoms with Crippen LogP contribution in [0.15, 0.2) is 4.99 Å². The van der Waals surface area contributed by atoms with Gasteiger partial charge in [-0.2, -0.15) is 0 Å². The maximum Gasteiger partial charge on any atom is 0.211 e. The van der Waals surface area contributed by atoms with Crippen LogP contribution >= 0.6 is 0 Å². The standard InChI is InChI=1S/C57H93NO29/c1-54-9-7-23(11-22(54)5-6-24-25(54)8-10-55(2)26(24)12-28-47(55)56(3,75)53-57(76-4,87-28)13-21(14-58-53)19-77-48-41(72)37(68)34(65)29(15-59)80-48)79-50-43(74)39(70)44(32(18-62)83-50)84-52-46(86-51-42(73)38(69)35(66)30(16-60)81-51)45(36(67)31(17-61)82-52)85-49-40(71)33(64)27(63)20-78-49/h21-52,59-75H,5-20H2,1-4H3/t21-,22-,23-,24+,25-,26-,27+,28-,29+,30+,31+,32+,33-,34+,35+,36+,37-,38-,39+,40+,41+,42+,43+,44-,45-,46+,47-,48+,49-,50+,51-,52-,54-,55-,56+,57-/m0/s1. The van der Waals surface area contributed by atoms with Gasteiger partial charge in [0.2, 0.25) is 5.79 Å². The molecule has 4 saturated carbocycles. The molecule has 30 heteroatoms. The Labute approximate surface area is 502 Å². The van der Waals surface area contributed by atoms with Crippen molar-refractivity contribution in [2.45, 2.75) is 250 Å². The van der Waals surface area contributed by atoms with Crippen molar-refractivity contribution in [1.82, 2.24) is 0 Å². The molecule has 6 saturated heterocycles. The lowest BCUT2D eigenvalue weighted by molar-refractivity contribution is -0.404. The Hall–Kier alpha value is -1.49. The smallest absolute Gasteiger partial charge is 0.211 e. The molecule has 0 aromatic carbocycles. The van der Waals surface area contributed by atoms with Crippen molar-refractivity contribution in [2.75, 3.05) is 53.3 Å². The van der Waals surface area contributed by atoms with Gasteiger partial charge in [0.25, 0.3) is 0 Å². The average molecular weight is 1260 g/mol. The largest absolute Gasteiger partial charge is 0.394 e. The van der Waals surface area contributed by atoms with E-state index in [2.05, 4.69) is 13.8 Å². The minimum Gasteiger partial charge on any atom is -0.394 e. The van der Waals surface area contributed by atoms with E-state index in [1.54, 1.807) is 0 Å². The Morgan fingerprint density at radius 1 is 0.529 bits per heavy atom. The van der Waals surface area contributed by atoms with Gasteiger partial charge in [-0.25, -0.2) is 0 Å². The number of rotatable bonds is 16. The zero-order valence-electron chi connectivity index (χ0n) is 49.2. The lowest BCUT2D eigenvalue weighted by Gasteiger charge is -2.62. The van der Waals surface area contributed by atoms with Crippen molar-refractivity contribution in [1.29, 1.82) is 0 Å². The van der Waals surface area contributed by atoms with E-state index in [1.807, 2.05) is 6.92 Å². The summed E-state index contributed by atoms with van der Waals surface area (Å²) in [5.74, 6) is -0.972. The molecule has 11 aliphatic rings. The van der Waals surface area contributed by atoms with E-state index in [9.17, 15) is 86.8 Å². The molecule has 0 aromatic rings. The summed E-state index contributed by atoms with van der Waals surface area (Å²) in [4.78, 5) is 4.96. The van der Waals surface area contributed by atoms with Crippen molar-refractivity contribution in [3.8, 4) is 0 Å². The average Bonchev–Trinajstić information content (AvgIpc) is 1.59. The Kier molecular flexibility index (Phi) is 20.0. The first-order valence-corrected chi connectivity index (χ1v) is 30.9. The molecule has 0 spiro atoms. The maximum atomic E-state index is 12.9. The van der Waals surface area contributed by atoms with Crippen molar-refractivity contribution in [3.05, 3.63) is 0 Å². The van der Waals surface area contributed by atoms with Gasteiger partial charge >= 0.3 is 0 Å². The highest BCUT2D eigenvalue weighted by Crippen LogP contribution is 2.70. The van der Waals surface area contributed by atoms with Gasteiger partial charge in [-0.3, -0.25) is 4.99 Å². The molecule has 500 valence electrons. The van der Waals surface area contributed by atoms with E-state index >= 15 is 0 Å². The number of aliphatic imine (C=N–C) groups is 1. The van der Waals surface area contributed by atoms with Crippen molar-refractivity contribution >= 4 is 5.71 Å². The number of methoxy groups -OCH3 is 1. The third-order valence-corrected chi connectivity index (χ3v) is 22.3. The first kappa shape index (κ1) is 66.9. The molecule has 7 aliphatic heterocycles. The molecule has 11 rings (SSSR count). The quantitative estimate of drug-likeness (QED) is 0.0639. The zero-order valence-corrected chi connectivity index (χ0v) is 49.2. The summed E-state index contributed by atoms with van der Waals surface area (Å²) in [5, 5.41) is 184. The number of nitrogens with zero attached hydrogens (tertiary/aromatic N) is 1. The van der Waals surface area contributed by atoms with Gasteiger partial charge in [-0.15, -0.1) is 0 Å². The number of hydrogen-bond acceptors (Lipinski definition) is 30. The normalized spacial score (nSPS) is 56.1. The number of aliphatic hydroxyl groups excluding tert-OH is 16. The number of fused-ring (bicyclic) bond motifs is 8. The van der Waals surface area contributed by atoms with Gasteiger partial charge in [0.05, 0.1) is 51.8 Å². The summed E-state index contributed by atoms with van der Waals surface area (Å²) in [5.41, 5.74) is -1.40. The highest BCUT2D eigenvalue weighted by atomic mass is 16.8. The molecular formula is C57H93NO29. The minimum atomic E-state index is -2.04. The van der Waals surface area contributed by atoms with Gasteiger partial charge < -0.3 is 144 Å². The fraction of sp³-hybridized carbons (Fsp3) is 0.982. The van der Waals surface area contributed by atoms with E-state index in [-0.39, 0.29) is 60.2 Å². The molecule has 0 unspecified atom stereocenters. The predicted molar refractivity (Wildman–Crippen MR) is 286 cm³/mol. The van der Waals surface area contributed by atoms with Gasteiger partial charge in [0.1, 0.15) is 127 Å². The summed E-state index contributed by atoms with van der Waals surface area (Å²) in [6.45, 7) is 2.99. The lowest BCUT2D eigenvalue weighted by atomic mass is 9.44. The van der Waals surface area contributed by atoms with Crippen LogP contribution in [-0.4, -0.2) is 317 Å². The number of aliphatic hydroxyl groups is 17. The second-order valence-electron chi connectivity index (χ2n) is 27.2. The minimum absolute atomic E-state index is 0.00847. The van der Waals surface area contributed by atoms with Crippen LogP contribution in [0.3, 0.4) is 0 Å². The van der Waals surface area contributed by atoms with Gasteiger partial charge in [0.15, 0.2) is 31.5 Å². The molecule has 0 radical (unpaired) electrons. The molecule has 36 atom stereocenters. The zero-order chi connectivity index (χ0) is 62.6. The summed E-state index contributed by atoms with van der Waals surface area (Å²) in [6, 6.07) is 0. The van der Waals surface area contributed by atoms with Crippen LogP contribution in [0.5, 0.6) is 0 Å². The molecule has 10 fully saturated rings. The van der Waals surface area contributed by atoms with Crippen molar-refractivity contribution in [2.24, 2.45) is 51.3 Å². The van der Waals surface area contributed by atoms with Crippen LogP contribution in [0.4, 0.5) is 0 Å². The van der Waals surface area contributed by atoms with Crippen LogP contribution < -0.4 is 0 Å². The van der Waals surface area contributed by atoms with Crippen molar-refractivity contribution in [3.63, 3.8) is 0 Å². The molecule has 30 nitrogen and oxygen atoms in total. The Morgan fingerprint density at radius 2 is 1.09 bits per heavy atom. The molecular weight excluding hydrogens is 1160 g/mol. The molecule has 4 aliphatic carbocycles. The van der Waals surface area contributed by atoms with Crippen LogP contribution in [0.25, 0.3) is 0 Å². The van der Waals surface area contributed by atoms with Crippen LogP contribution in [0.1, 0.15) is 78.6 Å². The number of hydrogen-bond donors (Lipinski definition) is 17. The van der Waals surface area contributed by atoms with E-state index in [0.717, 1.165) is 32.1 Å². The van der Waals surface area contributed by atoms with Gasteiger partial charge in [0, 0.05) is 31.9 Å². The van der Waals surface area contributed by atoms with Crippen LogP contribution in [0, 0.1) is 46.3 Å². The van der Waals surface area contributed by atoms with E-state index in [4.69, 9.17) is 61.8 Å². The maximum absolute atomic E-state index is 12.9. The molecule has 0 aromatic heterocycles.